The lowest BCUT2D eigenvalue weighted by atomic mass is 10.00. The molecule has 2 N–H and O–H groups in total. The average molecular weight is 398 g/mol. The van der Waals surface area contributed by atoms with Crippen molar-refractivity contribution in [1.82, 2.24) is 5.32 Å². The first kappa shape index (κ1) is 19.8. The largest absolute Gasteiger partial charge is 0.493 e. The number of nitrogens with zero attached hydrogens (tertiary/aromatic N) is 1. The van der Waals surface area contributed by atoms with Crippen LogP contribution in [-0.4, -0.2) is 31.8 Å². The van der Waals surface area contributed by atoms with Crippen LogP contribution in [0.1, 0.15) is 12.0 Å². The van der Waals surface area contributed by atoms with Crippen molar-refractivity contribution in [1.29, 1.82) is 0 Å². The van der Waals surface area contributed by atoms with Crippen molar-refractivity contribution < 1.29 is 14.3 Å². The van der Waals surface area contributed by atoms with Crippen molar-refractivity contribution >= 4 is 35.0 Å². The van der Waals surface area contributed by atoms with E-state index in [1.54, 1.807) is 20.3 Å². The Hall–Kier alpha value is -2.93. The van der Waals surface area contributed by atoms with E-state index >= 15 is 0 Å². The van der Waals surface area contributed by atoms with Gasteiger partial charge in [-0.05, 0) is 54.5 Å². The van der Waals surface area contributed by atoms with E-state index in [1.807, 2.05) is 43.3 Å². The summed E-state index contributed by atoms with van der Waals surface area (Å²) in [6.45, 7) is 2.55. The highest BCUT2D eigenvalue weighted by molar-refractivity contribution is 7.80. The molecular weight excluding hydrogens is 374 g/mol. The molecule has 1 aliphatic rings. The monoisotopic (exact) mass is 397 g/mol. The van der Waals surface area contributed by atoms with Gasteiger partial charge in [-0.1, -0.05) is 18.2 Å². The smallest absolute Gasteiger partial charge is 0.253 e. The van der Waals surface area contributed by atoms with Gasteiger partial charge >= 0.3 is 0 Å². The fourth-order valence-electron chi connectivity index (χ4n) is 3.02. The predicted molar refractivity (Wildman–Crippen MR) is 113 cm³/mol. The van der Waals surface area contributed by atoms with E-state index in [2.05, 4.69) is 15.6 Å². The number of aryl methyl sites for hydroxylation is 1. The molecule has 0 saturated heterocycles. The van der Waals surface area contributed by atoms with Crippen LogP contribution in [0.15, 0.2) is 41.4 Å². The number of nitrogens with one attached hydrogen (secondary N) is 2. The second-order valence-corrected chi connectivity index (χ2v) is 6.93. The van der Waals surface area contributed by atoms with E-state index in [0.717, 1.165) is 21.8 Å². The molecule has 0 spiro atoms. The molecule has 0 aromatic heterocycles. The van der Waals surface area contributed by atoms with Gasteiger partial charge in [0.15, 0.2) is 16.6 Å². The van der Waals surface area contributed by atoms with E-state index in [1.165, 1.54) is 0 Å². The number of fused-ring (bicyclic) bond motifs is 1. The summed E-state index contributed by atoms with van der Waals surface area (Å²) >= 11 is 5.34. The summed E-state index contributed by atoms with van der Waals surface area (Å²) < 4.78 is 10.5. The lowest BCUT2D eigenvalue weighted by molar-refractivity contribution is -0.120. The minimum Gasteiger partial charge on any atom is -0.493 e. The average Bonchev–Trinajstić information content (AvgIpc) is 2.68. The van der Waals surface area contributed by atoms with Crippen LogP contribution in [0.25, 0.3) is 6.08 Å². The zero-order valence-corrected chi connectivity index (χ0v) is 16.9. The summed E-state index contributed by atoms with van der Waals surface area (Å²) in [6, 6.07) is 11.4. The summed E-state index contributed by atoms with van der Waals surface area (Å²) in [6.07, 6.45) is 2.60. The molecule has 1 unspecified atom stereocenters. The number of thiocarbonyl (C=S) groups is 1. The van der Waals surface area contributed by atoms with E-state index in [9.17, 15) is 4.79 Å². The molecule has 6 nitrogen and oxygen atoms in total. The number of carbonyl (C=O) groups excluding carboxylic acids is 1. The maximum Gasteiger partial charge on any atom is 0.253 e. The van der Waals surface area contributed by atoms with Gasteiger partial charge < -0.3 is 20.1 Å². The fourth-order valence-corrected chi connectivity index (χ4v) is 3.24. The van der Waals surface area contributed by atoms with Crippen molar-refractivity contribution in [2.45, 2.75) is 13.3 Å². The van der Waals surface area contributed by atoms with E-state index in [0.29, 0.717) is 29.6 Å². The maximum absolute atomic E-state index is 12.3. The Bertz CT molecular complexity index is 1020. The minimum absolute atomic E-state index is 0.112. The second-order valence-electron chi connectivity index (χ2n) is 6.52. The van der Waals surface area contributed by atoms with E-state index < -0.39 is 0 Å². The molecule has 0 aliphatic carbocycles. The van der Waals surface area contributed by atoms with Gasteiger partial charge in [0.05, 0.1) is 25.5 Å². The van der Waals surface area contributed by atoms with Gasteiger partial charge in [-0.2, -0.15) is 0 Å². The number of rotatable bonds is 6. The van der Waals surface area contributed by atoms with Crippen LogP contribution in [0.4, 0.5) is 5.69 Å². The Morgan fingerprint density at radius 2 is 1.93 bits per heavy atom. The van der Waals surface area contributed by atoms with Gasteiger partial charge in [0.25, 0.3) is 5.91 Å². The molecule has 1 aliphatic heterocycles. The van der Waals surface area contributed by atoms with Gasteiger partial charge in [-0.15, -0.1) is 0 Å². The van der Waals surface area contributed by atoms with Gasteiger partial charge in [-0.25, -0.2) is 4.99 Å². The Kier molecular flexibility index (Phi) is 6.26. The van der Waals surface area contributed by atoms with Crippen LogP contribution in [0, 0.1) is 12.8 Å². The molecule has 0 radical (unpaired) electrons. The zero-order valence-electron chi connectivity index (χ0n) is 16.1. The Morgan fingerprint density at radius 3 is 2.68 bits per heavy atom. The highest BCUT2D eigenvalue weighted by atomic mass is 32.1. The molecule has 1 heterocycles. The molecular formula is C21H23N3O3S. The molecule has 2 aromatic carbocycles. The Balaban J connectivity index is 1.56. The number of carbonyl (C=O) groups is 1. The lowest BCUT2D eigenvalue weighted by Crippen LogP contribution is -2.36. The third kappa shape index (κ3) is 4.67. The summed E-state index contributed by atoms with van der Waals surface area (Å²) in [5, 5.41) is 8.46. The van der Waals surface area contributed by atoms with Crippen LogP contribution in [0.5, 0.6) is 11.5 Å². The highest BCUT2D eigenvalue weighted by Crippen LogP contribution is 2.29. The van der Waals surface area contributed by atoms with E-state index in [4.69, 9.17) is 21.7 Å². The molecule has 1 amide bonds. The third-order valence-corrected chi connectivity index (χ3v) is 4.74. The standard InChI is InChI=1S/C21H23N3O3S/c1-13-4-5-14-11-15(20(25)24-17(14)10-13)8-9-22-21(28)23-16-6-7-18(26-2)19(12-16)27-3/h4-7,10-12,15H,8-9H2,1-3H3,(H2,22,23,28). The number of amides is 1. The molecule has 1 atom stereocenters. The maximum atomic E-state index is 12.3. The van der Waals surface area contributed by atoms with Crippen molar-refractivity contribution in [2.75, 3.05) is 26.1 Å². The van der Waals surface area contributed by atoms with Crippen molar-refractivity contribution in [2.24, 2.45) is 10.9 Å². The van der Waals surface area contributed by atoms with Crippen molar-refractivity contribution in [3.05, 3.63) is 52.5 Å². The first-order valence-electron chi connectivity index (χ1n) is 8.98. The zero-order chi connectivity index (χ0) is 20.1. The minimum atomic E-state index is -0.244. The number of methoxy groups -OCH3 is 2. The first-order valence-corrected chi connectivity index (χ1v) is 9.39. The molecule has 0 bridgehead atoms. The van der Waals surface area contributed by atoms with Crippen LogP contribution >= 0.6 is 12.2 Å². The van der Waals surface area contributed by atoms with Crippen LogP contribution in [0.2, 0.25) is 0 Å². The number of benzene rings is 2. The fraction of sp³-hybridized carbons (Fsp3) is 0.286. The summed E-state index contributed by atoms with van der Waals surface area (Å²) in [5.41, 5.74) is 1.88. The summed E-state index contributed by atoms with van der Waals surface area (Å²) in [4.78, 5) is 16.5. The topological polar surface area (TPSA) is 72.0 Å². The Morgan fingerprint density at radius 1 is 1.14 bits per heavy atom. The third-order valence-electron chi connectivity index (χ3n) is 4.50. The molecule has 7 heteroatoms. The van der Waals surface area contributed by atoms with Crippen molar-refractivity contribution in [3.8, 4) is 11.5 Å². The van der Waals surface area contributed by atoms with Crippen molar-refractivity contribution in [3.63, 3.8) is 0 Å². The predicted octanol–water partition coefficient (Wildman–Crippen LogP) is 1.95. The van der Waals surface area contributed by atoms with Gasteiger partial charge in [-0.3, -0.25) is 4.79 Å². The quantitative estimate of drug-likeness (QED) is 0.726. The molecule has 146 valence electrons. The Labute approximate surface area is 169 Å². The van der Waals surface area contributed by atoms with Crippen LogP contribution in [-0.2, 0) is 4.79 Å². The van der Waals surface area contributed by atoms with E-state index in [-0.39, 0.29) is 11.8 Å². The second kappa shape index (κ2) is 8.84. The van der Waals surface area contributed by atoms with Gasteiger partial charge in [0.2, 0.25) is 0 Å². The molecule has 0 fully saturated rings. The number of hydrogen-bond donors (Lipinski definition) is 2. The molecule has 28 heavy (non-hydrogen) atoms. The molecule has 3 rings (SSSR count). The van der Waals surface area contributed by atoms with Crippen LogP contribution in [0.3, 0.4) is 0 Å². The molecule has 0 saturated carbocycles. The number of hydrogen-bond acceptors (Lipinski definition) is 4. The molecule has 2 aromatic rings. The summed E-state index contributed by atoms with van der Waals surface area (Å²) in [7, 11) is 3.17. The SMILES string of the molecule is COc1ccc(NC(=S)NCCC2C=c3ccc(C)cc3=NC2=O)cc1OC. The van der Waals surface area contributed by atoms with Gasteiger partial charge in [0, 0.05) is 18.3 Å². The number of ether oxygens (including phenoxy) is 2. The first-order chi connectivity index (χ1) is 13.5. The van der Waals surface area contributed by atoms with Crippen LogP contribution < -0.4 is 30.7 Å². The number of anilines is 1. The van der Waals surface area contributed by atoms with Gasteiger partial charge in [0.1, 0.15) is 0 Å². The lowest BCUT2D eigenvalue weighted by Gasteiger charge is -2.15. The highest BCUT2D eigenvalue weighted by Gasteiger charge is 2.18. The normalized spacial score (nSPS) is 15.0. The summed E-state index contributed by atoms with van der Waals surface area (Å²) in [5.74, 6) is 0.913.